The first kappa shape index (κ1) is 21.8. The molecule has 0 aliphatic heterocycles. The Morgan fingerprint density at radius 2 is 1.93 bits per heavy atom. The van der Waals surface area contributed by atoms with Gasteiger partial charge in [0.2, 0.25) is 10.0 Å². The number of rotatable bonds is 8. The largest absolute Gasteiger partial charge is 0.327 e. The topological polar surface area (TPSA) is 85.9 Å². The number of aromatic nitrogens is 5. The van der Waals surface area contributed by atoms with Gasteiger partial charge in [-0.05, 0) is 24.6 Å². The molecule has 158 valence electrons. The van der Waals surface area contributed by atoms with Crippen LogP contribution >= 0.6 is 11.8 Å². The van der Waals surface area contributed by atoms with Gasteiger partial charge in [-0.25, -0.2) is 17.7 Å². The fraction of sp³-hybridized carbons (Fsp3) is 0.526. The van der Waals surface area contributed by atoms with E-state index in [0.29, 0.717) is 17.2 Å². The first-order chi connectivity index (χ1) is 13.7. The minimum Gasteiger partial charge on any atom is -0.327 e. The van der Waals surface area contributed by atoms with Gasteiger partial charge in [0.05, 0.1) is 21.7 Å². The summed E-state index contributed by atoms with van der Waals surface area (Å²) in [5.41, 5.74) is 1.64. The van der Waals surface area contributed by atoms with Crippen LogP contribution in [0.15, 0.2) is 28.3 Å². The Hall–Kier alpha value is -1.91. The van der Waals surface area contributed by atoms with Crippen molar-refractivity contribution >= 4 is 32.8 Å². The summed E-state index contributed by atoms with van der Waals surface area (Å²) < 4.78 is 30.3. The van der Waals surface area contributed by atoms with E-state index in [4.69, 9.17) is 4.98 Å². The van der Waals surface area contributed by atoms with Crippen molar-refractivity contribution in [3.05, 3.63) is 29.8 Å². The number of nitrogens with zero attached hydrogens (tertiary/aromatic N) is 6. The molecule has 0 radical (unpaired) electrons. The van der Waals surface area contributed by atoms with Crippen LogP contribution in [0, 0.1) is 0 Å². The zero-order chi connectivity index (χ0) is 21.3. The number of benzene rings is 1. The predicted octanol–water partition coefficient (Wildman–Crippen LogP) is 3.24. The predicted molar refractivity (Wildman–Crippen MR) is 116 cm³/mol. The first-order valence-corrected chi connectivity index (χ1v) is 12.0. The van der Waals surface area contributed by atoms with Crippen LogP contribution < -0.4 is 0 Å². The molecule has 0 N–H and O–H groups in total. The SMILES string of the molecule is CCCn1c(CSc2nnc(C(C)C)n2C)nc2cc(S(=O)(=O)N(C)C)ccc21. The molecule has 2 heterocycles. The van der Waals surface area contributed by atoms with E-state index < -0.39 is 10.0 Å². The molecule has 8 nitrogen and oxygen atoms in total. The van der Waals surface area contributed by atoms with Crippen LogP contribution in [-0.4, -0.2) is 51.1 Å². The lowest BCUT2D eigenvalue weighted by molar-refractivity contribution is 0.521. The molecule has 0 unspecified atom stereocenters. The van der Waals surface area contributed by atoms with E-state index in [1.165, 1.54) is 18.4 Å². The minimum atomic E-state index is -3.49. The molecule has 3 rings (SSSR count). The number of sulfonamides is 1. The van der Waals surface area contributed by atoms with Gasteiger partial charge in [-0.3, -0.25) is 0 Å². The molecule has 0 bridgehead atoms. The van der Waals surface area contributed by atoms with Crippen molar-refractivity contribution in [3.63, 3.8) is 0 Å². The van der Waals surface area contributed by atoms with Gasteiger partial charge < -0.3 is 9.13 Å². The second-order valence-electron chi connectivity index (χ2n) is 7.46. The number of fused-ring (bicyclic) bond motifs is 1. The lowest BCUT2D eigenvalue weighted by Gasteiger charge is -2.11. The van der Waals surface area contributed by atoms with E-state index in [1.54, 1.807) is 23.9 Å². The minimum absolute atomic E-state index is 0.255. The molecule has 0 aliphatic carbocycles. The number of thioether (sulfide) groups is 1. The monoisotopic (exact) mass is 436 g/mol. The van der Waals surface area contributed by atoms with Crippen molar-refractivity contribution in [1.29, 1.82) is 0 Å². The van der Waals surface area contributed by atoms with Crippen LogP contribution in [-0.2, 0) is 29.4 Å². The number of aryl methyl sites for hydroxylation is 1. The summed E-state index contributed by atoms with van der Waals surface area (Å²) in [7, 11) is 1.55. The lowest BCUT2D eigenvalue weighted by Crippen LogP contribution is -2.22. The molecule has 0 atom stereocenters. The lowest BCUT2D eigenvalue weighted by atomic mass is 10.2. The van der Waals surface area contributed by atoms with Crippen molar-refractivity contribution in [3.8, 4) is 0 Å². The van der Waals surface area contributed by atoms with Gasteiger partial charge in [0.1, 0.15) is 11.6 Å². The smallest absolute Gasteiger partial charge is 0.242 e. The van der Waals surface area contributed by atoms with Crippen LogP contribution in [0.3, 0.4) is 0 Å². The maximum atomic E-state index is 12.5. The number of hydrogen-bond donors (Lipinski definition) is 0. The van der Waals surface area contributed by atoms with Gasteiger partial charge >= 0.3 is 0 Å². The summed E-state index contributed by atoms with van der Waals surface area (Å²) in [6, 6.07) is 5.16. The number of imidazole rings is 1. The van der Waals surface area contributed by atoms with Gasteiger partial charge in [0.25, 0.3) is 0 Å². The Kier molecular flexibility index (Phi) is 6.35. The Morgan fingerprint density at radius 1 is 1.21 bits per heavy atom. The highest BCUT2D eigenvalue weighted by Gasteiger charge is 2.20. The molecular weight excluding hydrogens is 408 g/mol. The summed E-state index contributed by atoms with van der Waals surface area (Å²) in [6.45, 7) is 7.13. The highest BCUT2D eigenvalue weighted by Crippen LogP contribution is 2.27. The van der Waals surface area contributed by atoms with Crippen LogP contribution in [0.1, 0.15) is 44.8 Å². The maximum Gasteiger partial charge on any atom is 0.242 e. The second-order valence-corrected chi connectivity index (χ2v) is 10.6. The molecule has 0 spiro atoms. The maximum absolute atomic E-state index is 12.5. The molecule has 0 aliphatic rings. The summed E-state index contributed by atoms with van der Waals surface area (Å²) in [6.07, 6.45) is 0.961. The highest BCUT2D eigenvalue weighted by molar-refractivity contribution is 7.98. The van der Waals surface area contributed by atoms with E-state index >= 15 is 0 Å². The van der Waals surface area contributed by atoms with Gasteiger partial charge in [-0.1, -0.05) is 32.5 Å². The molecule has 0 amide bonds. The van der Waals surface area contributed by atoms with E-state index in [0.717, 1.165) is 35.3 Å². The summed E-state index contributed by atoms with van der Waals surface area (Å²) in [5, 5.41) is 9.43. The van der Waals surface area contributed by atoms with Crippen LogP contribution in [0.4, 0.5) is 0 Å². The van der Waals surface area contributed by atoms with Crippen molar-refractivity contribution in [2.75, 3.05) is 14.1 Å². The fourth-order valence-corrected chi connectivity index (χ4v) is 4.98. The molecule has 0 saturated carbocycles. The van der Waals surface area contributed by atoms with Crippen molar-refractivity contribution in [2.24, 2.45) is 7.05 Å². The molecule has 2 aromatic heterocycles. The fourth-order valence-electron chi connectivity index (χ4n) is 3.20. The Bertz CT molecular complexity index is 1120. The van der Waals surface area contributed by atoms with Gasteiger partial charge in [0, 0.05) is 33.6 Å². The Balaban J connectivity index is 1.95. The van der Waals surface area contributed by atoms with E-state index in [1.807, 2.05) is 17.7 Å². The van der Waals surface area contributed by atoms with Crippen LogP contribution in [0.5, 0.6) is 0 Å². The van der Waals surface area contributed by atoms with E-state index in [9.17, 15) is 8.42 Å². The van der Waals surface area contributed by atoms with Crippen molar-refractivity contribution in [1.82, 2.24) is 28.6 Å². The standard InChI is InChI=1S/C19H28N6O2S2/c1-7-10-25-16-9-8-14(29(26,27)23(4)5)11-15(16)20-17(25)12-28-19-22-21-18(13(2)3)24(19)6/h8-9,11,13H,7,10,12H2,1-6H3. The van der Waals surface area contributed by atoms with Crippen molar-refractivity contribution < 1.29 is 8.42 Å². The highest BCUT2D eigenvalue weighted by atomic mass is 32.2. The summed E-state index contributed by atoms with van der Waals surface area (Å²) in [5.74, 6) is 2.80. The zero-order valence-corrected chi connectivity index (χ0v) is 19.4. The normalized spacial score (nSPS) is 12.6. The van der Waals surface area contributed by atoms with E-state index in [-0.39, 0.29) is 4.90 Å². The van der Waals surface area contributed by atoms with E-state index in [2.05, 4.69) is 35.5 Å². The zero-order valence-electron chi connectivity index (χ0n) is 17.7. The average molecular weight is 437 g/mol. The molecule has 1 aromatic carbocycles. The quantitative estimate of drug-likeness (QED) is 0.504. The molecule has 0 saturated heterocycles. The Labute approximate surface area is 176 Å². The number of hydrogen-bond acceptors (Lipinski definition) is 6. The molecule has 10 heteroatoms. The van der Waals surface area contributed by atoms with Crippen molar-refractivity contribution in [2.45, 2.75) is 55.5 Å². The first-order valence-electron chi connectivity index (χ1n) is 9.60. The summed E-state index contributed by atoms with van der Waals surface area (Å²) in [4.78, 5) is 5.01. The van der Waals surface area contributed by atoms with Crippen LogP contribution in [0.2, 0.25) is 0 Å². The third-order valence-electron chi connectivity index (χ3n) is 4.74. The summed E-state index contributed by atoms with van der Waals surface area (Å²) >= 11 is 1.59. The molecular formula is C19H28N6O2S2. The Morgan fingerprint density at radius 3 is 2.52 bits per heavy atom. The second kappa shape index (κ2) is 8.45. The molecule has 0 fully saturated rings. The van der Waals surface area contributed by atoms with Gasteiger partial charge in [-0.2, -0.15) is 0 Å². The third kappa shape index (κ3) is 4.19. The molecule has 3 aromatic rings. The van der Waals surface area contributed by atoms with Gasteiger partial charge in [-0.15, -0.1) is 10.2 Å². The van der Waals surface area contributed by atoms with Gasteiger partial charge in [0.15, 0.2) is 5.16 Å². The van der Waals surface area contributed by atoms with Crippen LogP contribution in [0.25, 0.3) is 11.0 Å². The average Bonchev–Trinajstić information content (AvgIpc) is 3.20. The molecule has 29 heavy (non-hydrogen) atoms. The third-order valence-corrected chi connectivity index (χ3v) is 7.57.